The van der Waals surface area contributed by atoms with Crippen LogP contribution in [0.5, 0.6) is 11.5 Å². The van der Waals surface area contributed by atoms with Crippen LogP contribution in [0, 0.1) is 13.8 Å². The SMILES string of the molecule is COc1ccc(-c2noc(-c3cccn3CC(=O)Nc3ccc(C)cc3C)n2)cc1OC. The lowest BCUT2D eigenvalue weighted by Crippen LogP contribution is -2.19. The molecule has 0 atom stereocenters. The fourth-order valence-electron chi connectivity index (χ4n) is 3.46. The molecule has 32 heavy (non-hydrogen) atoms. The Morgan fingerprint density at radius 2 is 1.88 bits per heavy atom. The number of carbonyl (C=O) groups is 1. The quantitative estimate of drug-likeness (QED) is 0.463. The minimum atomic E-state index is -0.144. The maximum absolute atomic E-state index is 12.6. The van der Waals surface area contributed by atoms with E-state index in [4.69, 9.17) is 14.0 Å². The largest absolute Gasteiger partial charge is 0.493 e. The van der Waals surface area contributed by atoms with Crippen molar-refractivity contribution in [3.63, 3.8) is 0 Å². The van der Waals surface area contributed by atoms with Gasteiger partial charge >= 0.3 is 0 Å². The molecule has 1 amide bonds. The van der Waals surface area contributed by atoms with Crippen LogP contribution >= 0.6 is 0 Å². The second-order valence-electron chi connectivity index (χ2n) is 7.38. The number of benzene rings is 2. The van der Waals surface area contributed by atoms with Gasteiger partial charge in [-0.2, -0.15) is 4.98 Å². The van der Waals surface area contributed by atoms with E-state index in [1.807, 2.05) is 50.2 Å². The van der Waals surface area contributed by atoms with Crippen LogP contribution < -0.4 is 14.8 Å². The summed E-state index contributed by atoms with van der Waals surface area (Å²) in [6, 6.07) is 15.0. The first-order valence-electron chi connectivity index (χ1n) is 10.1. The van der Waals surface area contributed by atoms with Crippen LogP contribution in [0.2, 0.25) is 0 Å². The highest BCUT2D eigenvalue weighted by Gasteiger charge is 2.17. The lowest BCUT2D eigenvalue weighted by Gasteiger charge is -2.10. The maximum atomic E-state index is 12.6. The number of carbonyl (C=O) groups excluding carboxylic acids is 1. The Hall–Kier alpha value is -4.07. The molecule has 164 valence electrons. The van der Waals surface area contributed by atoms with Gasteiger partial charge in [-0.1, -0.05) is 22.9 Å². The van der Waals surface area contributed by atoms with Crippen molar-refractivity contribution in [3.05, 3.63) is 65.9 Å². The zero-order chi connectivity index (χ0) is 22.7. The van der Waals surface area contributed by atoms with Crippen molar-refractivity contribution in [1.82, 2.24) is 14.7 Å². The van der Waals surface area contributed by atoms with Crippen LogP contribution in [0.3, 0.4) is 0 Å². The number of nitrogens with one attached hydrogen (secondary N) is 1. The molecule has 0 aliphatic heterocycles. The van der Waals surface area contributed by atoms with E-state index >= 15 is 0 Å². The van der Waals surface area contributed by atoms with Crippen molar-refractivity contribution in [1.29, 1.82) is 0 Å². The second-order valence-corrected chi connectivity index (χ2v) is 7.38. The van der Waals surface area contributed by atoms with E-state index in [-0.39, 0.29) is 12.5 Å². The average Bonchev–Trinajstić information content (AvgIpc) is 3.44. The molecule has 1 N–H and O–H groups in total. The van der Waals surface area contributed by atoms with Gasteiger partial charge in [-0.25, -0.2) is 0 Å². The van der Waals surface area contributed by atoms with E-state index in [0.717, 1.165) is 22.4 Å². The molecule has 2 aromatic heterocycles. The molecule has 4 rings (SSSR count). The highest BCUT2D eigenvalue weighted by atomic mass is 16.5. The minimum Gasteiger partial charge on any atom is -0.493 e. The number of hydrogen-bond acceptors (Lipinski definition) is 6. The number of anilines is 1. The minimum absolute atomic E-state index is 0.115. The number of amides is 1. The summed E-state index contributed by atoms with van der Waals surface area (Å²) in [5, 5.41) is 7.04. The van der Waals surface area contributed by atoms with Gasteiger partial charge in [-0.15, -0.1) is 0 Å². The predicted molar refractivity (Wildman–Crippen MR) is 121 cm³/mol. The van der Waals surface area contributed by atoms with Gasteiger partial charge in [-0.3, -0.25) is 4.79 Å². The van der Waals surface area contributed by atoms with Gasteiger partial charge in [0.05, 0.1) is 14.2 Å². The third-order valence-electron chi connectivity index (χ3n) is 5.09. The van der Waals surface area contributed by atoms with Gasteiger partial charge in [0.2, 0.25) is 11.7 Å². The van der Waals surface area contributed by atoms with Gasteiger partial charge in [0.25, 0.3) is 5.89 Å². The lowest BCUT2D eigenvalue weighted by atomic mass is 10.1. The highest BCUT2D eigenvalue weighted by molar-refractivity contribution is 5.91. The zero-order valence-corrected chi connectivity index (χ0v) is 18.4. The number of methoxy groups -OCH3 is 2. The topological polar surface area (TPSA) is 91.4 Å². The molecule has 0 saturated carbocycles. The molecule has 0 aliphatic carbocycles. The van der Waals surface area contributed by atoms with Crippen molar-refractivity contribution in [2.24, 2.45) is 0 Å². The van der Waals surface area contributed by atoms with E-state index in [2.05, 4.69) is 15.5 Å². The summed E-state index contributed by atoms with van der Waals surface area (Å²) in [5.74, 6) is 1.77. The summed E-state index contributed by atoms with van der Waals surface area (Å²) < 4.78 is 17.9. The molecule has 0 unspecified atom stereocenters. The Labute approximate surface area is 185 Å². The number of nitrogens with zero attached hydrogens (tertiary/aromatic N) is 3. The molecule has 0 saturated heterocycles. The Kier molecular flexibility index (Phi) is 5.93. The number of rotatable bonds is 7. The Bertz CT molecular complexity index is 1260. The molecule has 0 aliphatic rings. The normalized spacial score (nSPS) is 10.8. The van der Waals surface area contributed by atoms with E-state index in [1.165, 1.54) is 0 Å². The molecule has 8 nitrogen and oxygen atoms in total. The molecule has 2 aromatic carbocycles. The molecule has 0 fully saturated rings. The van der Waals surface area contributed by atoms with Crippen molar-refractivity contribution < 1.29 is 18.8 Å². The van der Waals surface area contributed by atoms with Crippen LogP contribution in [0.1, 0.15) is 11.1 Å². The number of aromatic nitrogens is 3. The first-order valence-corrected chi connectivity index (χ1v) is 10.1. The monoisotopic (exact) mass is 432 g/mol. The van der Waals surface area contributed by atoms with Gasteiger partial charge in [0, 0.05) is 17.4 Å². The van der Waals surface area contributed by atoms with Crippen LogP contribution in [-0.2, 0) is 11.3 Å². The van der Waals surface area contributed by atoms with Crippen LogP contribution in [0.25, 0.3) is 23.0 Å². The van der Waals surface area contributed by atoms with Gasteiger partial charge in [-0.05, 0) is 55.8 Å². The average molecular weight is 432 g/mol. The van der Waals surface area contributed by atoms with Crippen molar-refractivity contribution in [3.8, 4) is 34.5 Å². The molecule has 0 spiro atoms. The molecular formula is C24H24N4O4. The molecular weight excluding hydrogens is 408 g/mol. The standard InChI is InChI=1S/C24H24N4O4/c1-15-7-9-18(16(2)12-15)25-22(29)14-28-11-5-6-19(28)24-26-23(27-32-24)17-8-10-20(30-3)21(13-17)31-4/h5-13H,14H2,1-4H3,(H,25,29). The van der Waals surface area contributed by atoms with Crippen molar-refractivity contribution in [2.45, 2.75) is 20.4 Å². The smallest absolute Gasteiger partial charge is 0.274 e. The first-order chi connectivity index (χ1) is 15.5. The van der Waals surface area contributed by atoms with Crippen LogP contribution in [0.15, 0.2) is 59.3 Å². The summed E-state index contributed by atoms with van der Waals surface area (Å²) in [6.07, 6.45) is 1.80. The van der Waals surface area contributed by atoms with Crippen molar-refractivity contribution >= 4 is 11.6 Å². The van der Waals surface area contributed by atoms with E-state index < -0.39 is 0 Å². The number of ether oxygens (including phenoxy) is 2. The molecule has 0 bridgehead atoms. The molecule has 8 heteroatoms. The summed E-state index contributed by atoms with van der Waals surface area (Å²) >= 11 is 0. The summed E-state index contributed by atoms with van der Waals surface area (Å²) in [5.41, 5.74) is 4.34. The fraction of sp³-hybridized carbons (Fsp3) is 0.208. The lowest BCUT2D eigenvalue weighted by molar-refractivity contribution is -0.116. The predicted octanol–water partition coefficient (Wildman–Crippen LogP) is 4.48. The molecule has 2 heterocycles. The van der Waals surface area contributed by atoms with Gasteiger partial charge in [0.15, 0.2) is 11.5 Å². The van der Waals surface area contributed by atoms with Gasteiger partial charge in [0.1, 0.15) is 12.2 Å². The second kappa shape index (κ2) is 8.97. The third kappa shape index (κ3) is 4.34. The van der Waals surface area contributed by atoms with Crippen LogP contribution in [-0.4, -0.2) is 34.8 Å². The van der Waals surface area contributed by atoms with Gasteiger partial charge < -0.3 is 23.9 Å². The fourth-order valence-corrected chi connectivity index (χ4v) is 3.46. The zero-order valence-electron chi connectivity index (χ0n) is 18.4. The highest BCUT2D eigenvalue weighted by Crippen LogP contribution is 2.32. The number of aryl methyl sites for hydroxylation is 2. The van der Waals surface area contributed by atoms with E-state index in [0.29, 0.717) is 28.9 Å². The first kappa shape index (κ1) is 21.2. The summed E-state index contributed by atoms with van der Waals surface area (Å²) in [6.45, 7) is 4.10. The Balaban J connectivity index is 1.53. The van der Waals surface area contributed by atoms with E-state index in [9.17, 15) is 4.79 Å². The maximum Gasteiger partial charge on any atom is 0.274 e. The van der Waals surface area contributed by atoms with E-state index in [1.54, 1.807) is 37.1 Å². The molecule has 0 radical (unpaired) electrons. The van der Waals surface area contributed by atoms with Crippen LogP contribution in [0.4, 0.5) is 5.69 Å². The third-order valence-corrected chi connectivity index (χ3v) is 5.09. The molecule has 4 aromatic rings. The Morgan fingerprint density at radius 1 is 1.06 bits per heavy atom. The Morgan fingerprint density at radius 3 is 2.62 bits per heavy atom. The van der Waals surface area contributed by atoms with Crippen molar-refractivity contribution in [2.75, 3.05) is 19.5 Å². The number of hydrogen-bond donors (Lipinski definition) is 1. The summed E-state index contributed by atoms with van der Waals surface area (Å²) in [7, 11) is 3.15. The summed E-state index contributed by atoms with van der Waals surface area (Å²) in [4.78, 5) is 17.1.